The van der Waals surface area contributed by atoms with Gasteiger partial charge in [-0.25, -0.2) is 8.42 Å². The van der Waals surface area contributed by atoms with E-state index in [9.17, 15) is 13.2 Å². The summed E-state index contributed by atoms with van der Waals surface area (Å²) in [4.78, 5) is 12.6. The van der Waals surface area contributed by atoms with Gasteiger partial charge in [0.15, 0.2) is 11.5 Å². The molecule has 33 heavy (non-hydrogen) atoms. The van der Waals surface area contributed by atoms with Crippen LogP contribution in [-0.2, 0) is 14.8 Å². The van der Waals surface area contributed by atoms with E-state index in [-0.39, 0.29) is 10.6 Å². The monoisotopic (exact) mass is 492 g/mol. The highest BCUT2D eigenvalue weighted by atomic mass is 35.5. The van der Waals surface area contributed by atoms with Gasteiger partial charge in [0.2, 0.25) is 15.9 Å². The van der Waals surface area contributed by atoms with Crippen molar-refractivity contribution in [3.05, 3.63) is 47.0 Å². The van der Waals surface area contributed by atoms with Crippen molar-refractivity contribution >= 4 is 39.3 Å². The van der Waals surface area contributed by atoms with Gasteiger partial charge in [0, 0.05) is 24.9 Å². The van der Waals surface area contributed by atoms with Crippen LogP contribution >= 0.6 is 11.6 Å². The van der Waals surface area contributed by atoms with Crippen LogP contribution in [0, 0.1) is 0 Å². The Morgan fingerprint density at radius 3 is 2.70 bits per heavy atom. The van der Waals surface area contributed by atoms with Gasteiger partial charge in [0.1, 0.15) is 23.9 Å². The van der Waals surface area contributed by atoms with Crippen molar-refractivity contribution in [2.24, 2.45) is 0 Å². The van der Waals surface area contributed by atoms with Crippen molar-refractivity contribution < 1.29 is 27.4 Å². The molecule has 1 amide bonds. The zero-order valence-electron chi connectivity index (χ0n) is 18.2. The highest BCUT2D eigenvalue weighted by molar-refractivity contribution is 7.89. The maximum atomic E-state index is 13.1. The Labute approximate surface area is 198 Å². The second-order valence-electron chi connectivity index (χ2n) is 7.56. The minimum atomic E-state index is -3.72. The Bertz CT molecular complexity index is 1180. The second kappa shape index (κ2) is 10.0. The molecular formula is C23H25ClN2O6S. The first-order valence-electron chi connectivity index (χ1n) is 10.7. The van der Waals surface area contributed by atoms with E-state index in [4.69, 9.17) is 25.8 Å². The van der Waals surface area contributed by atoms with Crippen molar-refractivity contribution in [1.29, 1.82) is 0 Å². The van der Waals surface area contributed by atoms with Crippen molar-refractivity contribution in [3.63, 3.8) is 0 Å². The molecule has 2 aromatic carbocycles. The van der Waals surface area contributed by atoms with Gasteiger partial charge in [-0.3, -0.25) is 4.79 Å². The van der Waals surface area contributed by atoms with E-state index in [0.717, 1.165) is 12.8 Å². The maximum Gasteiger partial charge on any atom is 0.248 e. The lowest BCUT2D eigenvalue weighted by Gasteiger charge is -2.19. The average molecular weight is 493 g/mol. The number of rotatable bonds is 7. The van der Waals surface area contributed by atoms with Gasteiger partial charge in [0.25, 0.3) is 0 Å². The molecule has 10 heteroatoms. The highest BCUT2D eigenvalue weighted by Crippen LogP contribution is 2.38. The summed E-state index contributed by atoms with van der Waals surface area (Å²) in [6.07, 6.45) is 4.59. The Morgan fingerprint density at radius 1 is 1.18 bits per heavy atom. The van der Waals surface area contributed by atoms with Gasteiger partial charge in [-0.1, -0.05) is 11.6 Å². The summed E-state index contributed by atoms with van der Waals surface area (Å²) in [5.74, 6) is 0.862. The molecule has 0 spiro atoms. The lowest BCUT2D eigenvalue weighted by atomic mass is 10.1. The lowest BCUT2D eigenvalue weighted by molar-refractivity contribution is -0.111. The molecule has 4 rings (SSSR count). The van der Waals surface area contributed by atoms with Crippen molar-refractivity contribution in [2.45, 2.75) is 24.7 Å². The number of sulfonamides is 1. The molecule has 2 aliphatic rings. The molecule has 0 aromatic heterocycles. The van der Waals surface area contributed by atoms with Gasteiger partial charge >= 0.3 is 0 Å². The van der Waals surface area contributed by atoms with Crippen LogP contribution in [0.1, 0.15) is 25.3 Å². The Hall–Kier alpha value is -2.75. The molecule has 0 atom stereocenters. The first kappa shape index (κ1) is 23.4. The summed E-state index contributed by atoms with van der Waals surface area (Å²) >= 11 is 6.23. The van der Waals surface area contributed by atoms with Gasteiger partial charge in [-0.05, 0) is 61.7 Å². The van der Waals surface area contributed by atoms with Crippen LogP contribution in [0.5, 0.6) is 17.2 Å². The molecule has 2 aliphatic heterocycles. The summed E-state index contributed by atoms with van der Waals surface area (Å²) in [6, 6.07) is 8.02. The molecule has 8 nitrogen and oxygen atoms in total. The Morgan fingerprint density at radius 2 is 1.94 bits per heavy atom. The summed E-state index contributed by atoms with van der Waals surface area (Å²) in [7, 11) is -3.72. The molecule has 2 heterocycles. The number of carbonyl (C=O) groups is 1. The fourth-order valence-electron chi connectivity index (χ4n) is 3.71. The van der Waals surface area contributed by atoms with Crippen LogP contribution < -0.4 is 19.5 Å². The predicted molar refractivity (Wildman–Crippen MR) is 126 cm³/mol. The van der Waals surface area contributed by atoms with Crippen LogP contribution in [0.2, 0.25) is 5.02 Å². The number of hydrogen-bond donors (Lipinski definition) is 1. The molecule has 176 valence electrons. The van der Waals surface area contributed by atoms with Gasteiger partial charge in [-0.2, -0.15) is 4.31 Å². The molecule has 2 aromatic rings. The molecular weight excluding hydrogens is 468 g/mol. The molecule has 0 aliphatic carbocycles. The predicted octanol–water partition coefficient (Wildman–Crippen LogP) is 3.95. The number of carbonyl (C=O) groups excluding carboxylic acids is 1. The number of benzene rings is 2. The van der Waals surface area contributed by atoms with E-state index in [1.807, 2.05) is 0 Å². The van der Waals surface area contributed by atoms with E-state index >= 15 is 0 Å². The fraction of sp³-hybridized carbons (Fsp3) is 0.348. The first-order chi connectivity index (χ1) is 15.9. The number of amides is 1. The Kier molecular flexibility index (Phi) is 7.11. The number of anilines is 1. The smallest absolute Gasteiger partial charge is 0.248 e. The van der Waals surface area contributed by atoms with E-state index < -0.39 is 15.9 Å². The number of hydrogen-bond acceptors (Lipinski definition) is 6. The quantitative estimate of drug-likeness (QED) is 0.588. The minimum absolute atomic E-state index is 0.0478. The lowest BCUT2D eigenvalue weighted by Crippen LogP contribution is -2.28. The molecule has 1 fully saturated rings. The van der Waals surface area contributed by atoms with Crippen LogP contribution in [0.3, 0.4) is 0 Å². The van der Waals surface area contributed by atoms with Crippen molar-refractivity contribution in [2.75, 3.05) is 38.2 Å². The molecule has 1 N–H and O–H groups in total. The number of nitrogens with one attached hydrogen (secondary N) is 1. The van der Waals surface area contributed by atoms with Crippen LogP contribution in [0.25, 0.3) is 6.08 Å². The number of halogens is 1. The molecule has 1 saturated heterocycles. The number of ether oxygens (including phenoxy) is 3. The van der Waals surface area contributed by atoms with Crippen LogP contribution in [0.4, 0.5) is 5.69 Å². The third-order valence-corrected chi connectivity index (χ3v) is 7.44. The Balaban J connectivity index is 1.53. The number of nitrogens with zero attached hydrogens (tertiary/aromatic N) is 1. The second-order valence-corrected chi connectivity index (χ2v) is 9.87. The normalized spacial score (nSPS) is 16.2. The summed E-state index contributed by atoms with van der Waals surface area (Å²) < 4.78 is 44.3. The first-order valence-corrected chi connectivity index (χ1v) is 12.6. The van der Waals surface area contributed by atoms with Gasteiger partial charge < -0.3 is 19.5 Å². The maximum absolute atomic E-state index is 13.1. The van der Waals surface area contributed by atoms with Crippen LogP contribution in [-0.4, -0.2) is 51.5 Å². The summed E-state index contributed by atoms with van der Waals surface area (Å²) in [6.45, 7) is 3.93. The zero-order chi connectivity index (χ0) is 23.4. The standard InChI is InChI=1S/C23H25ClN2O6S/c1-2-30-19-7-6-17(15-21(19)33(28,29)26-9-3-4-10-26)25-22(27)8-5-16-13-18(24)23-20(14-16)31-11-12-32-23/h5-8,13-15H,2-4,9-12H2,1H3,(H,25,27)/b8-5+. The highest BCUT2D eigenvalue weighted by Gasteiger charge is 2.30. The van der Waals surface area contributed by atoms with E-state index in [1.165, 1.54) is 16.4 Å². The van der Waals surface area contributed by atoms with Crippen LogP contribution in [0.15, 0.2) is 41.3 Å². The summed E-state index contributed by atoms with van der Waals surface area (Å²) in [5, 5.41) is 3.11. The van der Waals surface area contributed by atoms with E-state index in [1.54, 1.807) is 37.3 Å². The van der Waals surface area contributed by atoms with E-state index in [0.29, 0.717) is 60.7 Å². The third-order valence-electron chi connectivity index (χ3n) is 5.24. The topological polar surface area (TPSA) is 94.2 Å². The van der Waals surface area contributed by atoms with Crippen molar-refractivity contribution in [3.8, 4) is 17.2 Å². The third kappa shape index (κ3) is 5.26. The van der Waals surface area contributed by atoms with Crippen molar-refractivity contribution in [1.82, 2.24) is 4.31 Å². The number of fused-ring (bicyclic) bond motifs is 1. The SMILES string of the molecule is CCOc1ccc(NC(=O)/C=C/c2cc(Cl)c3c(c2)OCCO3)cc1S(=O)(=O)N1CCCC1. The summed E-state index contributed by atoms with van der Waals surface area (Å²) in [5.41, 5.74) is 1.02. The minimum Gasteiger partial charge on any atom is -0.492 e. The van der Waals surface area contributed by atoms with Gasteiger partial charge in [-0.15, -0.1) is 0 Å². The molecule has 0 saturated carbocycles. The molecule has 0 unspecified atom stereocenters. The largest absolute Gasteiger partial charge is 0.492 e. The van der Waals surface area contributed by atoms with E-state index in [2.05, 4.69) is 5.32 Å². The molecule has 0 bridgehead atoms. The fourth-order valence-corrected chi connectivity index (χ4v) is 5.66. The molecule has 0 radical (unpaired) electrons. The average Bonchev–Trinajstić information content (AvgIpc) is 3.35. The van der Waals surface area contributed by atoms with Gasteiger partial charge in [0.05, 0.1) is 11.6 Å². The zero-order valence-corrected chi connectivity index (χ0v) is 19.7.